The molecular formula is C31H40N6O6S2. The van der Waals surface area contributed by atoms with Gasteiger partial charge in [0.1, 0.15) is 30.6 Å². The topological polar surface area (TPSA) is 143 Å². The highest BCUT2D eigenvalue weighted by Gasteiger charge is 2.49. The molecule has 1 aromatic carbocycles. The maximum atomic E-state index is 12.0. The van der Waals surface area contributed by atoms with E-state index in [1.165, 1.54) is 6.20 Å². The molecule has 2 aliphatic rings. The summed E-state index contributed by atoms with van der Waals surface area (Å²) in [6, 6.07) is 10.3. The van der Waals surface area contributed by atoms with Crippen molar-refractivity contribution in [3.63, 3.8) is 0 Å². The minimum atomic E-state index is -2.31. The van der Waals surface area contributed by atoms with Crippen molar-refractivity contribution in [1.29, 1.82) is 0 Å². The monoisotopic (exact) mass is 656 g/mol. The van der Waals surface area contributed by atoms with Gasteiger partial charge in [0.2, 0.25) is 0 Å². The van der Waals surface area contributed by atoms with Gasteiger partial charge in [-0.3, -0.25) is 9.55 Å². The van der Waals surface area contributed by atoms with Gasteiger partial charge in [0.15, 0.2) is 17.6 Å². The number of aromatic nitrogens is 5. The van der Waals surface area contributed by atoms with Gasteiger partial charge in [-0.1, -0.05) is 24.3 Å². The van der Waals surface area contributed by atoms with Gasteiger partial charge in [0.25, 0.3) is 0 Å². The standard InChI is InChI=1S/C31H40N6O6S2/c1-19-13-22-30(35-27(19)21-9-7-20(8-10-21)23-14-33-26(15-32-23)36-45(5,6)39)37(18-40-11-12-44(2,3)4)31(34-22)43-25-17-42-28-24(38)16-41-29(25)28/h7-10,13-15,24-25,28-29,38H,11-12,16-18H2,1-6H3/t24-,25-,28-,29?/m1/s1. The third kappa shape index (κ3) is 7.31. The molecule has 3 aromatic heterocycles. The van der Waals surface area contributed by atoms with Crippen LogP contribution in [0.5, 0.6) is 6.01 Å². The molecule has 2 saturated heterocycles. The van der Waals surface area contributed by atoms with E-state index in [1.54, 1.807) is 18.7 Å². The Bertz CT molecular complexity index is 1790. The van der Waals surface area contributed by atoms with E-state index in [-0.39, 0.29) is 19.4 Å². The van der Waals surface area contributed by atoms with Crippen LogP contribution in [0.2, 0.25) is 0 Å². The number of rotatable bonds is 10. The first-order chi connectivity index (χ1) is 21.3. The quantitative estimate of drug-likeness (QED) is 0.251. The second kappa shape index (κ2) is 12.6. The Morgan fingerprint density at radius 3 is 2.42 bits per heavy atom. The van der Waals surface area contributed by atoms with Gasteiger partial charge in [-0.2, -0.15) is 9.35 Å². The molecule has 0 amide bonds. The molecule has 0 radical (unpaired) electrons. The largest absolute Gasteiger partial charge is 0.456 e. The molecule has 2 fully saturated rings. The fourth-order valence-electron chi connectivity index (χ4n) is 5.31. The molecule has 242 valence electrons. The van der Waals surface area contributed by atoms with E-state index in [9.17, 15) is 9.32 Å². The maximum absolute atomic E-state index is 12.0. The average Bonchev–Trinajstić information content (AvgIpc) is 3.65. The minimum Gasteiger partial charge on any atom is -0.456 e. The lowest BCUT2D eigenvalue weighted by molar-refractivity contribution is 0.00344. The molecule has 14 heteroatoms. The second-order valence-corrected chi connectivity index (χ2v) is 19.7. The van der Waals surface area contributed by atoms with Gasteiger partial charge >= 0.3 is 6.01 Å². The number of nitrogens with zero attached hydrogens (tertiary/aromatic N) is 6. The molecular weight excluding hydrogens is 617 g/mol. The molecule has 1 N–H and O–H groups in total. The average molecular weight is 657 g/mol. The summed E-state index contributed by atoms with van der Waals surface area (Å²) in [5.41, 5.74) is 5.62. The van der Waals surface area contributed by atoms with Crippen LogP contribution in [-0.2, 0) is 30.7 Å². The predicted octanol–water partition coefficient (Wildman–Crippen LogP) is 3.80. The van der Waals surface area contributed by atoms with E-state index < -0.39 is 38.1 Å². The number of aryl methyl sites for hydroxylation is 1. The van der Waals surface area contributed by atoms with Crippen LogP contribution in [-0.4, -0.2) is 115 Å². The van der Waals surface area contributed by atoms with Crippen LogP contribution >= 0.6 is 10.0 Å². The van der Waals surface area contributed by atoms with Crippen molar-refractivity contribution in [2.45, 2.75) is 38.1 Å². The van der Waals surface area contributed by atoms with Crippen LogP contribution in [0.1, 0.15) is 5.56 Å². The lowest BCUT2D eigenvalue weighted by Crippen LogP contribution is -2.35. The van der Waals surface area contributed by atoms with E-state index in [2.05, 4.69) is 33.1 Å². The summed E-state index contributed by atoms with van der Waals surface area (Å²) in [5, 5.41) is 10.2. The molecule has 4 aromatic rings. The Balaban J connectivity index is 1.29. The first-order valence-electron chi connectivity index (χ1n) is 14.6. The van der Waals surface area contributed by atoms with Gasteiger partial charge in [-0.15, -0.1) is 0 Å². The third-order valence-corrected chi connectivity index (χ3v) is 9.60. The van der Waals surface area contributed by atoms with Crippen molar-refractivity contribution in [2.75, 3.05) is 56.9 Å². The number of hydrogen-bond acceptors (Lipinski definition) is 11. The minimum absolute atomic E-state index is 0.223. The fourth-order valence-corrected chi connectivity index (χ4v) is 6.47. The van der Waals surface area contributed by atoms with Crippen molar-refractivity contribution in [2.24, 2.45) is 4.36 Å². The van der Waals surface area contributed by atoms with Gasteiger partial charge in [0, 0.05) is 39.1 Å². The van der Waals surface area contributed by atoms with Gasteiger partial charge in [-0.25, -0.2) is 24.2 Å². The number of hydrogen-bond donors (Lipinski definition) is 1. The van der Waals surface area contributed by atoms with Crippen molar-refractivity contribution in [3.05, 3.63) is 48.3 Å². The number of aliphatic hydroxyl groups excluding tert-OH is 1. The first kappa shape index (κ1) is 31.8. The molecule has 6 rings (SSSR count). The molecule has 0 bridgehead atoms. The number of fused-ring (bicyclic) bond motifs is 2. The fraction of sp³-hybridized carbons (Fsp3) is 0.484. The number of imidazole rings is 1. The Morgan fingerprint density at radius 2 is 1.73 bits per heavy atom. The zero-order chi connectivity index (χ0) is 31.9. The number of aliphatic hydroxyl groups is 1. The molecule has 12 nitrogen and oxygen atoms in total. The molecule has 0 saturated carbocycles. The maximum Gasteiger partial charge on any atom is 0.301 e. The SMILES string of the molecule is Cc1cc2nc(O[C@@H]3CO[C@H]4C3OC[C@H]4O)n(COCCS(C)(C)C)c2nc1-c1ccc(-c2cnc(N=S(C)(C)=O)cn2)cc1. The summed E-state index contributed by atoms with van der Waals surface area (Å²) < 4.78 is 42.0. The molecule has 2 aliphatic heterocycles. The third-order valence-electron chi connectivity index (χ3n) is 7.58. The van der Waals surface area contributed by atoms with Crippen LogP contribution in [0, 0.1) is 6.92 Å². The van der Waals surface area contributed by atoms with E-state index in [4.69, 9.17) is 28.9 Å². The Labute approximate surface area is 265 Å². The number of ether oxygens (including phenoxy) is 4. The summed E-state index contributed by atoms with van der Waals surface area (Å²) in [6.07, 6.45) is 11.2. The van der Waals surface area contributed by atoms with Gasteiger partial charge in [0.05, 0.1) is 43.6 Å². The van der Waals surface area contributed by atoms with Crippen molar-refractivity contribution in [1.82, 2.24) is 24.5 Å². The zero-order valence-corrected chi connectivity index (χ0v) is 28.0. The summed E-state index contributed by atoms with van der Waals surface area (Å²) in [4.78, 5) is 18.6. The normalized spacial score (nSPS) is 22.1. The molecule has 45 heavy (non-hydrogen) atoms. The summed E-state index contributed by atoms with van der Waals surface area (Å²) in [6.45, 7) is 3.37. The van der Waals surface area contributed by atoms with E-state index in [0.29, 0.717) is 41.9 Å². The Kier molecular flexibility index (Phi) is 8.89. The number of pyridine rings is 1. The summed E-state index contributed by atoms with van der Waals surface area (Å²) in [5.74, 6) is 1.32. The van der Waals surface area contributed by atoms with Crippen LogP contribution < -0.4 is 4.74 Å². The van der Waals surface area contributed by atoms with Crippen molar-refractivity contribution >= 4 is 36.7 Å². The van der Waals surface area contributed by atoms with Crippen LogP contribution in [0.15, 0.2) is 47.1 Å². The highest BCUT2D eigenvalue weighted by Crippen LogP contribution is 2.35. The van der Waals surface area contributed by atoms with Crippen LogP contribution in [0.3, 0.4) is 0 Å². The zero-order valence-electron chi connectivity index (χ0n) is 26.4. The summed E-state index contributed by atoms with van der Waals surface area (Å²) in [7, 11) is -3.02. The Morgan fingerprint density at radius 1 is 1.00 bits per heavy atom. The second-order valence-electron chi connectivity index (χ2n) is 12.6. The van der Waals surface area contributed by atoms with Crippen LogP contribution in [0.25, 0.3) is 33.7 Å². The molecule has 5 heterocycles. The van der Waals surface area contributed by atoms with Gasteiger partial charge in [-0.05, 0) is 37.3 Å². The highest BCUT2D eigenvalue weighted by molar-refractivity contribution is 8.32. The summed E-state index contributed by atoms with van der Waals surface area (Å²) >= 11 is 0. The van der Waals surface area contributed by atoms with Crippen molar-refractivity contribution in [3.8, 4) is 28.5 Å². The van der Waals surface area contributed by atoms with E-state index >= 15 is 0 Å². The lowest BCUT2D eigenvalue weighted by Gasteiger charge is -2.24. The van der Waals surface area contributed by atoms with E-state index in [1.807, 2.05) is 41.8 Å². The molecule has 0 spiro atoms. The smallest absolute Gasteiger partial charge is 0.301 e. The van der Waals surface area contributed by atoms with E-state index in [0.717, 1.165) is 28.1 Å². The number of benzene rings is 1. The first-order valence-corrected chi connectivity index (χ1v) is 20.0. The highest BCUT2D eigenvalue weighted by atomic mass is 32.3. The molecule has 4 atom stereocenters. The van der Waals surface area contributed by atoms with Crippen molar-refractivity contribution < 1.29 is 28.3 Å². The molecule has 1 unspecified atom stereocenters. The van der Waals surface area contributed by atoms with Crippen LogP contribution in [0.4, 0.5) is 5.82 Å². The lowest BCUT2D eigenvalue weighted by atomic mass is 10.0. The Hall–Kier alpha value is -3.14. The van der Waals surface area contributed by atoms with Gasteiger partial charge < -0.3 is 24.1 Å². The molecule has 0 aliphatic carbocycles. The predicted molar refractivity (Wildman–Crippen MR) is 177 cm³/mol.